The molecule has 0 aliphatic carbocycles. The number of rotatable bonds is 5. The summed E-state index contributed by atoms with van der Waals surface area (Å²) in [6, 6.07) is 5.82. The molecule has 0 atom stereocenters. The number of sulfonamides is 1. The molecular weight excluding hydrogens is 240 g/mol. The number of amides is 1. The van der Waals surface area contributed by atoms with E-state index in [1.165, 1.54) is 25.2 Å². The van der Waals surface area contributed by atoms with Crippen molar-refractivity contribution in [1.82, 2.24) is 10.0 Å². The molecule has 92 valence electrons. The molecule has 0 radical (unpaired) electrons. The van der Waals surface area contributed by atoms with Crippen LogP contribution in [-0.2, 0) is 10.0 Å². The van der Waals surface area contributed by atoms with Crippen LogP contribution in [0.1, 0.15) is 10.4 Å². The summed E-state index contributed by atoms with van der Waals surface area (Å²) in [5.41, 5.74) is 0.295. The van der Waals surface area contributed by atoms with Crippen molar-refractivity contribution in [2.24, 2.45) is 0 Å². The van der Waals surface area contributed by atoms with E-state index in [1.54, 1.807) is 12.1 Å². The lowest BCUT2D eigenvalue weighted by Gasteiger charge is -2.05. The Morgan fingerprint density at radius 2 is 2.18 bits per heavy atom. The Morgan fingerprint density at radius 3 is 2.76 bits per heavy atom. The fraction of sp³-hybridized carbons (Fsp3) is 0.182. The lowest BCUT2D eigenvalue weighted by atomic mass is 10.2. The van der Waals surface area contributed by atoms with Gasteiger partial charge in [-0.2, -0.15) is 0 Å². The fourth-order valence-electron chi connectivity index (χ4n) is 1.19. The molecule has 1 aromatic rings. The molecule has 1 amide bonds. The van der Waals surface area contributed by atoms with Crippen molar-refractivity contribution in [2.75, 3.05) is 13.6 Å². The summed E-state index contributed by atoms with van der Waals surface area (Å²) in [5, 5.41) is 2.57. The van der Waals surface area contributed by atoms with Gasteiger partial charge in [0.05, 0.1) is 4.90 Å². The third-order valence-electron chi connectivity index (χ3n) is 2.08. The zero-order valence-corrected chi connectivity index (χ0v) is 10.3. The molecule has 0 bridgehead atoms. The van der Waals surface area contributed by atoms with Crippen molar-refractivity contribution in [3.63, 3.8) is 0 Å². The van der Waals surface area contributed by atoms with Crippen LogP contribution in [0.4, 0.5) is 0 Å². The van der Waals surface area contributed by atoms with Gasteiger partial charge in [0.15, 0.2) is 0 Å². The van der Waals surface area contributed by atoms with Crippen molar-refractivity contribution < 1.29 is 13.2 Å². The Kier molecular flexibility index (Phi) is 4.42. The lowest BCUT2D eigenvalue weighted by molar-refractivity contribution is 0.0958. The van der Waals surface area contributed by atoms with E-state index in [4.69, 9.17) is 0 Å². The topological polar surface area (TPSA) is 75.3 Å². The van der Waals surface area contributed by atoms with Gasteiger partial charge in [-0.25, -0.2) is 13.1 Å². The Morgan fingerprint density at radius 1 is 1.47 bits per heavy atom. The Labute approximate surface area is 101 Å². The minimum atomic E-state index is -3.52. The lowest BCUT2D eigenvalue weighted by Crippen LogP contribution is -2.24. The molecule has 0 heterocycles. The smallest absolute Gasteiger partial charge is 0.251 e. The predicted molar refractivity (Wildman–Crippen MR) is 65.2 cm³/mol. The molecule has 0 fully saturated rings. The number of hydrogen-bond acceptors (Lipinski definition) is 3. The van der Waals surface area contributed by atoms with Crippen LogP contribution < -0.4 is 10.0 Å². The van der Waals surface area contributed by atoms with Crippen molar-refractivity contribution in [3.8, 4) is 0 Å². The van der Waals surface area contributed by atoms with E-state index in [9.17, 15) is 13.2 Å². The second-order valence-electron chi connectivity index (χ2n) is 3.23. The number of hydrogen-bond donors (Lipinski definition) is 2. The van der Waals surface area contributed by atoms with E-state index < -0.39 is 10.0 Å². The van der Waals surface area contributed by atoms with Crippen molar-refractivity contribution >= 4 is 15.9 Å². The Hall–Kier alpha value is -1.66. The van der Waals surface area contributed by atoms with Crippen LogP contribution in [0.3, 0.4) is 0 Å². The first-order chi connectivity index (χ1) is 8.01. The Balaban J connectivity index is 3.01. The van der Waals surface area contributed by atoms with Gasteiger partial charge in [0.25, 0.3) is 5.91 Å². The van der Waals surface area contributed by atoms with Gasteiger partial charge in [-0.15, -0.1) is 6.58 Å². The highest BCUT2D eigenvalue weighted by Crippen LogP contribution is 2.10. The van der Waals surface area contributed by atoms with Crippen LogP contribution >= 0.6 is 0 Å². The average Bonchev–Trinajstić information content (AvgIpc) is 2.36. The first kappa shape index (κ1) is 13.4. The van der Waals surface area contributed by atoms with E-state index in [0.717, 1.165) is 0 Å². The molecule has 0 saturated heterocycles. The van der Waals surface area contributed by atoms with Gasteiger partial charge >= 0.3 is 0 Å². The van der Waals surface area contributed by atoms with E-state index >= 15 is 0 Å². The summed E-state index contributed by atoms with van der Waals surface area (Å²) in [5.74, 6) is -0.335. The largest absolute Gasteiger partial charge is 0.349 e. The third-order valence-corrected chi connectivity index (χ3v) is 3.49. The fourth-order valence-corrected chi connectivity index (χ4v) is 1.96. The van der Waals surface area contributed by atoms with Crippen LogP contribution in [0.5, 0.6) is 0 Å². The quantitative estimate of drug-likeness (QED) is 0.752. The van der Waals surface area contributed by atoms with Crippen molar-refractivity contribution in [1.29, 1.82) is 0 Å². The van der Waals surface area contributed by atoms with Gasteiger partial charge in [0.2, 0.25) is 10.0 Å². The van der Waals surface area contributed by atoms with E-state index in [-0.39, 0.29) is 10.8 Å². The summed E-state index contributed by atoms with van der Waals surface area (Å²) in [6.07, 6.45) is 1.55. The third kappa shape index (κ3) is 3.40. The molecule has 6 heteroatoms. The maximum absolute atomic E-state index is 11.6. The molecule has 0 aliphatic rings. The Bertz CT molecular complexity index is 523. The molecule has 5 nitrogen and oxygen atoms in total. The van der Waals surface area contributed by atoms with E-state index in [2.05, 4.69) is 16.6 Å². The molecule has 0 saturated carbocycles. The minimum absolute atomic E-state index is 0.0613. The summed E-state index contributed by atoms with van der Waals surface area (Å²) in [7, 11) is -2.21. The van der Waals surface area contributed by atoms with Gasteiger partial charge in [-0.1, -0.05) is 12.1 Å². The second-order valence-corrected chi connectivity index (χ2v) is 5.12. The molecule has 17 heavy (non-hydrogen) atoms. The molecule has 1 aromatic carbocycles. The van der Waals surface area contributed by atoms with Crippen LogP contribution in [-0.4, -0.2) is 27.9 Å². The SMILES string of the molecule is C=CCNC(=O)c1cccc(S(=O)(=O)NC)c1. The number of benzene rings is 1. The van der Waals surface area contributed by atoms with Crippen LogP contribution in [0.15, 0.2) is 41.8 Å². The summed E-state index contributed by atoms with van der Waals surface area (Å²) < 4.78 is 25.3. The van der Waals surface area contributed by atoms with E-state index in [0.29, 0.717) is 12.1 Å². The molecule has 0 unspecified atom stereocenters. The zero-order chi connectivity index (χ0) is 12.9. The highest BCUT2D eigenvalue weighted by atomic mass is 32.2. The molecule has 0 spiro atoms. The second kappa shape index (κ2) is 5.60. The van der Waals surface area contributed by atoms with E-state index in [1.807, 2.05) is 0 Å². The normalized spacial score (nSPS) is 10.9. The first-order valence-electron chi connectivity index (χ1n) is 4.94. The molecule has 0 aliphatic heterocycles. The van der Waals surface area contributed by atoms with Crippen molar-refractivity contribution in [3.05, 3.63) is 42.5 Å². The highest BCUT2D eigenvalue weighted by molar-refractivity contribution is 7.89. The average molecular weight is 254 g/mol. The zero-order valence-electron chi connectivity index (χ0n) is 9.43. The number of carbonyl (C=O) groups is 1. The highest BCUT2D eigenvalue weighted by Gasteiger charge is 2.13. The molecule has 0 aromatic heterocycles. The van der Waals surface area contributed by atoms with Crippen molar-refractivity contribution in [2.45, 2.75) is 4.90 Å². The van der Waals surface area contributed by atoms with Gasteiger partial charge in [-0.3, -0.25) is 4.79 Å². The number of carbonyl (C=O) groups excluding carboxylic acids is 1. The van der Waals surface area contributed by atoms with Gasteiger partial charge in [-0.05, 0) is 25.2 Å². The maximum Gasteiger partial charge on any atom is 0.251 e. The van der Waals surface area contributed by atoms with Crippen LogP contribution in [0.2, 0.25) is 0 Å². The monoisotopic (exact) mass is 254 g/mol. The summed E-state index contributed by atoms with van der Waals surface area (Å²) in [6.45, 7) is 3.81. The standard InChI is InChI=1S/C11H14N2O3S/c1-3-7-13-11(14)9-5-4-6-10(8-9)17(15,16)12-2/h3-6,8,12H,1,7H2,2H3,(H,13,14). The number of nitrogens with one attached hydrogen (secondary N) is 2. The van der Waals surface area contributed by atoms with Crippen LogP contribution in [0.25, 0.3) is 0 Å². The summed E-state index contributed by atoms with van der Waals surface area (Å²) in [4.78, 5) is 11.7. The van der Waals surface area contributed by atoms with Gasteiger partial charge < -0.3 is 5.32 Å². The molecular formula is C11H14N2O3S. The predicted octanol–water partition coefficient (Wildman–Crippen LogP) is 0.510. The van der Waals surface area contributed by atoms with Gasteiger partial charge in [0.1, 0.15) is 0 Å². The maximum atomic E-state index is 11.6. The van der Waals surface area contributed by atoms with Gasteiger partial charge in [0, 0.05) is 12.1 Å². The van der Waals surface area contributed by atoms with Crippen LogP contribution in [0, 0.1) is 0 Å². The molecule has 1 rings (SSSR count). The summed E-state index contributed by atoms with van der Waals surface area (Å²) >= 11 is 0. The first-order valence-corrected chi connectivity index (χ1v) is 6.42. The molecule has 2 N–H and O–H groups in total. The minimum Gasteiger partial charge on any atom is -0.349 e.